The fraction of sp³-hybridized carbons (Fsp3) is 0.500. The Hall–Kier alpha value is -1.20. The van der Waals surface area contributed by atoms with Gasteiger partial charge in [0.1, 0.15) is 5.60 Å². The SMILES string of the molecule is CC(C)(C)OC(=O)NC(CO)CSc1ccccc1. The van der Waals surface area contributed by atoms with Crippen molar-refractivity contribution in [2.75, 3.05) is 12.4 Å². The topological polar surface area (TPSA) is 58.6 Å². The number of hydrogen-bond donors (Lipinski definition) is 2. The van der Waals surface area contributed by atoms with Crippen LogP contribution in [0.3, 0.4) is 0 Å². The van der Waals surface area contributed by atoms with Gasteiger partial charge in [0.05, 0.1) is 12.6 Å². The molecule has 1 amide bonds. The van der Waals surface area contributed by atoms with Crippen molar-refractivity contribution in [3.05, 3.63) is 30.3 Å². The highest BCUT2D eigenvalue weighted by Gasteiger charge is 2.19. The van der Waals surface area contributed by atoms with E-state index in [0.29, 0.717) is 5.75 Å². The molecule has 0 saturated heterocycles. The number of aliphatic hydroxyl groups excluding tert-OH is 1. The third-order valence-corrected chi connectivity index (χ3v) is 3.31. The van der Waals surface area contributed by atoms with Crippen LogP contribution in [0.15, 0.2) is 35.2 Å². The molecule has 0 radical (unpaired) electrons. The van der Waals surface area contributed by atoms with Gasteiger partial charge >= 0.3 is 6.09 Å². The van der Waals surface area contributed by atoms with Gasteiger partial charge in [-0.3, -0.25) is 0 Å². The quantitative estimate of drug-likeness (QED) is 0.816. The predicted octanol–water partition coefficient (Wildman–Crippen LogP) is 2.66. The first-order valence-electron chi connectivity index (χ1n) is 6.19. The van der Waals surface area contributed by atoms with Crippen LogP contribution < -0.4 is 5.32 Å². The average Bonchev–Trinajstić information content (AvgIpc) is 2.33. The van der Waals surface area contributed by atoms with Gasteiger partial charge in [0.25, 0.3) is 0 Å². The summed E-state index contributed by atoms with van der Waals surface area (Å²) in [5.74, 6) is 0.597. The summed E-state index contributed by atoms with van der Waals surface area (Å²) in [6.45, 7) is 5.30. The Balaban J connectivity index is 2.39. The fourth-order valence-corrected chi connectivity index (χ4v) is 2.26. The lowest BCUT2D eigenvalue weighted by molar-refractivity contribution is 0.0491. The molecule has 0 bridgehead atoms. The monoisotopic (exact) mass is 283 g/mol. The first kappa shape index (κ1) is 15.9. The van der Waals surface area contributed by atoms with Crippen LogP contribution in [-0.2, 0) is 4.74 Å². The number of amides is 1. The predicted molar refractivity (Wildman–Crippen MR) is 77.4 cm³/mol. The summed E-state index contributed by atoms with van der Waals surface area (Å²) in [6.07, 6.45) is -0.500. The number of hydrogen-bond acceptors (Lipinski definition) is 4. The first-order valence-corrected chi connectivity index (χ1v) is 7.17. The molecule has 2 N–H and O–H groups in total. The summed E-state index contributed by atoms with van der Waals surface area (Å²) in [5, 5.41) is 11.9. The Morgan fingerprint density at radius 2 is 2.00 bits per heavy atom. The number of carbonyl (C=O) groups excluding carboxylic acids is 1. The smallest absolute Gasteiger partial charge is 0.407 e. The minimum Gasteiger partial charge on any atom is -0.444 e. The molecule has 0 aliphatic carbocycles. The molecule has 0 aliphatic rings. The molecule has 19 heavy (non-hydrogen) atoms. The van der Waals surface area contributed by atoms with Crippen LogP contribution in [0, 0.1) is 0 Å². The lowest BCUT2D eigenvalue weighted by Crippen LogP contribution is -2.42. The minimum absolute atomic E-state index is 0.112. The molecule has 1 atom stereocenters. The molecule has 0 aromatic heterocycles. The molecular weight excluding hydrogens is 262 g/mol. The normalized spacial score (nSPS) is 12.8. The first-order chi connectivity index (χ1) is 8.90. The van der Waals surface area contributed by atoms with E-state index in [0.717, 1.165) is 4.90 Å². The molecule has 5 heteroatoms. The van der Waals surface area contributed by atoms with Gasteiger partial charge in [-0.15, -0.1) is 11.8 Å². The number of carbonyl (C=O) groups is 1. The maximum Gasteiger partial charge on any atom is 0.407 e. The molecule has 106 valence electrons. The van der Waals surface area contributed by atoms with Crippen molar-refractivity contribution in [1.29, 1.82) is 0 Å². The second-order valence-corrected chi connectivity index (χ2v) is 6.24. The summed E-state index contributed by atoms with van der Waals surface area (Å²) in [7, 11) is 0. The standard InChI is InChI=1S/C14H21NO3S/c1-14(2,3)18-13(17)15-11(9-16)10-19-12-7-5-4-6-8-12/h4-8,11,16H,9-10H2,1-3H3,(H,15,17). The maximum absolute atomic E-state index is 11.6. The summed E-state index contributed by atoms with van der Waals surface area (Å²) in [4.78, 5) is 12.7. The Bertz CT molecular complexity index is 389. The van der Waals surface area contributed by atoms with Gasteiger partial charge in [-0.2, -0.15) is 0 Å². The highest BCUT2D eigenvalue weighted by Crippen LogP contribution is 2.18. The number of rotatable bonds is 5. The maximum atomic E-state index is 11.6. The van der Waals surface area contributed by atoms with Crippen LogP contribution in [0.2, 0.25) is 0 Å². The van der Waals surface area contributed by atoms with Crippen molar-refractivity contribution in [2.45, 2.75) is 37.3 Å². The van der Waals surface area contributed by atoms with Gasteiger partial charge in [0.2, 0.25) is 0 Å². The molecule has 1 rings (SSSR count). The molecule has 0 aliphatic heterocycles. The van der Waals surface area contributed by atoms with E-state index in [9.17, 15) is 9.90 Å². The van der Waals surface area contributed by atoms with E-state index < -0.39 is 11.7 Å². The summed E-state index contributed by atoms with van der Waals surface area (Å²) >= 11 is 1.58. The van der Waals surface area contributed by atoms with Crippen LogP contribution in [0.1, 0.15) is 20.8 Å². The lowest BCUT2D eigenvalue weighted by atomic mass is 10.2. The number of benzene rings is 1. The molecule has 1 unspecified atom stereocenters. The van der Waals surface area contributed by atoms with E-state index in [1.165, 1.54) is 0 Å². The van der Waals surface area contributed by atoms with Crippen LogP contribution in [0.25, 0.3) is 0 Å². The summed E-state index contributed by atoms with van der Waals surface area (Å²) in [5.41, 5.74) is -0.531. The highest BCUT2D eigenvalue weighted by molar-refractivity contribution is 7.99. The van der Waals surface area contributed by atoms with Gasteiger partial charge in [0.15, 0.2) is 0 Å². The van der Waals surface area contributed by atoms with E-state index in [2.05, 4.69) is 5.32 Å². The zero-order valence-electron chi connectivity index (χ0n) is 11.6. The van der Waals surface area contributed by atoms with Gasteiger partial charge in [-0.25, -0.2) is 4.79 Å². The fourth-order valence-electron chi connectivity index (χ4n) is 1.33. The summed E-state index contributed by atoms with van der Waals surface area (Å²) < 4.78 is 5.15. The highest BCUT2D eigenvalue weighted by atomic mass is 32.2. The van der Waals surface area contributed by atoms with Crippen molar-refractivity contribution < 1.29 is 14.6 Å². The van der Waals surface area contributed by atoms with Crippen LogP contribution >= 0.6 is 11.8 Å². The molecule has 0 saturated carbocycles. The third-order valence-electron chi connectivity index (χ3n) is 2.14. The van der Waals surface area contributed by atoms with Gasteiger partial charge < -0.3 is 15.2 Å². The van der Waals surface area contributed by atoms with E-state index >= 15 is 0 Å². The van der Waals surface area contributed by atoms with Gasteiger partial charge in [-0.05, 0) is 32.9 Å². The number of nitrogens with one attached hydrogen (secondary N) is 1. The zero-order valence-corrected chi connectivity index (χ0v) is 12.4. The minimum atomic E-state index is -0.531. The van der Waals surface area contributed by atoms with E-state index in [4.69, 9.17) is 4.74 Å². The molecule has 1 aromatic rings. The second-order valence-electron chi connectivity index (χ2n) is 5.15. The molecule has 0 fully saturated rings. The van der Waals surface area contributed by atoms with Crippen molar-refractivity contribution in [3.8, 4) is 0 Å². The average molecular weight is 283 g/mol. The number of ether oxygens (including phenoxy) is 1. The van der Waals surface area contributed by atoms with E-state index in [-0.39, 0.29) is 12.6 Å². The Morgan fingerprint density at radius 1 is 1.37 bits per heavy atom. The molecule has 0 spiro atoms. The number of thioether (sulfide) groups is 1. The Labute approximate surface area is 118 Å². The summed E-state index contributed by atoms with van der Waals surface area (Å²) in [6, 6.07) is 9.53. The zero-order chi connectivity index (χ0) is 14.3. The van der Waals surface area contributed by atoms with Crippen molar-refractivity contribution in [1.82, 2.24) is 5.32 Å². The van der Waals surface area contributed by atoms with Crippen molar-refractivity contribution in [2.24, 2.45) is 0 Å². The Kier molecular flexibility index (Phi) is 6.18. The number of aliphatic hydroxyl groups is 1. The second kappa shape index (κ2) is 7.40. The largest absolute Gasteiger partial charge is 0.444 e. The third kappa shape index (κ3) is 7.08. The van der Waals surface area contributed by atoms with Crippen LogP contribution in [0.5, 0.6) is 0 Å². The molecule has 4 nitrogen and oxygen atoms in total. The van der Waals surface area contributed by atoms with E-state index in [1.54, 1.807) is 32.5 Å². The molecule has 0 heterocycles. The van der Waals surface area contributed by atoms with Crippen molar-refractivity contribution >= 4 is 17.9 Å². The molecule has 1 aromatic carbocycles. The van der Waals surface area contributed by atoms with Gasteiger partial charge in [0, 0.05) is 10.6 Å². The van der Waals surface area contributed by atoms with E-state index in [1.807, 2.05) is 30.3 Å². The van der Waals surface area contributed by atoms with Crippen LogP contribution in [0.4, 0.5) is 4.79 Å². The van der Waals surface area contributed by atoms with Gasteiger partial charge in [-0.1, -0.05) is 18.2 Å². The Morgan fingerprint density at radius 3 is 2.53 bits per heavy atom. The number of alkyl carbamates (subject to hydrolysis) is 1. The van der Waals surface area contributed by atoms with Crippen molar-refractivity contribution in [3.63, 3.8) is 0 Å². The molecular formula is C14H21NO3S. The van der Waals surface area contributed by atoms with Crippen LogP contribution in [-0.4, -0.2) is 35.2 Å². The lowest BCUT2D eigenvalue weighted by Gasteiger charge is -2.22.